The van der Waals surface area contributed by atoms with Crippen LogP contribution in [-0.4, -0.2) is 17.1 Å². The molecule has 2 aromatic rings. The highest BCUT2D eigenvalue weighted by atomic mass is 16.5. The number of aryl methyl sites for hydroxylation is 2. The summed E-state index contributed by atoms with van der Waals surface area (Å²) in [4.78, 5) is 12.4. The van der Waals surface area contributed by atoms with Crippen LogP contribution in [0.1, 0.15) is 48.5 Å². The fourth-order valence-electron chi connectivity index (χ4n) is 3.50. The Morgan fingerprint density at radius 2 is 2.17 bits per heavy atom. The van der Waals surface area contributed by atoms with Gasteiger partial charge >= 0.3 is 0 Å². The highest BCUT2D eigenvalue weighted by Crippen LogP contribution is 2.28. The molecular weight excluding hydrogens is 292 g/mol. The van der Waals surface area contributed by atoms with Crippen molar-refractivity contribution < 1.29 is 13.7 Å². The van der Waals surface area contributed by atoms with Crippen LogP contribution in [0.15, 0.2) is 27.3 Å². The summed E-state index contributed by atoms with van der Waals surface area (Å²) in [6, 6.07) is 4.16. The van der Waals surface area contributed by atoms with Gasteiger partial charge in [0.15, 0.2) is 0 Å². The molecule has 0 unspecified atom stereocenters. The first-order valence-corrected chi connectivity index (χ1v) is 8.37. The van der Waals surface area contributed by atoms with Crippen molar-refractivity contribution in [2.45, 2.75) is 58.4 Å². The topological polar surface area (TPSA) is 68.3 Å². The molecule has 2 aromatic heterocycles. The molecular formula is C18H24N2O3. The molecule has 1 aliphatic rings. The third-order valence-electron chi connectivity index (χ3n) is 4.82. The Labute approximate surface area is 136 Å². The molecule has 1 amide bonds. The standard InChI is InChI=1S/C18H24N2O3/c1-12-16(13(2)23-20-12)11-18(21)19-17-8-4-3-6-14(17)10-15-7-5-9-22-15/h5,7,9,14,17H,3-4,6,8,10-11H2,1-2H3,(H,19,21)/t14-,17+/m1/s1. The minimum atomic E-state index is 0.0516. The highest BCUT2D eigenvalue weighted by Gasteiger charge is 2.27. The lowest BCUT2D eigenvalue weighted by molar-refractivity contribution is -0.121. The van der Waals surface area contributed by atoms with E-state index < -0.39 is 0 Å². The van der Waals surface area contributed by atoms with Crippen molar-refractivity contribution in [3.8, 4) is 0 Å². The molecule has 0 saturated heterocycles. The van der Waals surface area contributed by atoms with E-state index in [0.29, 0.717) is 12.3 Å². The number of hydrogen-bond acceptors (Lipinski definition) is 4. The van der Waals surface area contributed by atoms with Gasteiger partial charge in [-0.05, 0) is 44.7 Å². The van der Waals surface area contributed by atoms with E-state index in [2.05, 4.69) is 10.5 Å². The van der Waals surface area contributed by atoms with Gasteiger partial charge in [0.2, 0.25) is 5.91 Å². The summed E-state index contributed by atoms with van der Waals surface area (Å²) in [7, 11) is 0. The van der Waals surface area contributed by atoms with Crippen molar-refractivity contribution in [1.29, 1.82) is 0 Å². The van der Waals surface area contributed by atoms with Crippen molar-refractivity contribution in [3.05, 3.63) is 41.2 Å². The fraction of sp³-hybridized carbons (Fsp3) is 0.556. The van der Waals surface area contributed by atoms with Crippen LogP contribution in [-0.2, 0) is 17.6 Å². The van der Waals surface area contributed by atoms with E-state index in [1.807, 2.05) is 26.0 Å². The number of hydrogen-bond donors (Lipinski definition) is 1. The number of carbonyl (C=O) groups is 1. The Morgan fingerprint density at radius 1 is 1.35 bits per heavy atom. The lowest BCUT2D eigenvalue weighted by atomic mass is 9.81. The van der Waals surface area contributed by atoms with Crippen LogP contribution in [0.3, 0.4) is 0 Å². The minimum absolute atomic E-state index is 0.0516. The molecule has 3 rings (SSSR count). The molecule has 2 heterocycles. The molecule has 0 spiro atoms. The molecule has 5 heteroatoms. The zero-order valence-electron chi connectivity index (χ0n) is 13.8. The number of amides is 1. The third-order valence-corrected chi connectivity index (χ3v) is 4.82. The number of carbonyl (C=O) groups excluding carboxylic acids is 1. The second-order valence-electron chi connectivity index (χ2n) is 6.48. The van der Waals surface area contributed by atoms with Crippen LogP contribution in [0, 0.1) is 19.8 Å². The first-order chi connectivity index (χ1) is 11.1. The Balaban J connectivity index is 1.61. The van der Waals surface area contributed by atoms with E-state index in [1.165, 1.54) is 12.8 Å². The second-order valence-corrected chi connectivity index (χ2v) is 6.48. The molecule has 0 bridgehead atoms. The number of aromatic nitrogens is 1. The normalized spacial score (nSPS) is 21.3. The molecule has 23 heavy (non-hydrogen) atoms. The molecule has 0 radical (unpaired) electrons. The molecule has 1 fully saturated rings. The molecule has 2 atom stereocenters. The first kappa shape index (κ1) is 15.8. The Bertz CT molecular complexity index is 626. The van der Waals surface area contributed by atoms with Crippen LogP contribution in [0.4, 0.5) is 0 Å². The second kappa shape index (κ2) is 7.02. The van der Waals surface area contributed by atoms with E-state index in [1.54, 1.807) is 6.26 Å². The number of furan rings is 1. The van der Waals surface area contributed by atoms with Gasteiger partial charge in [-0.25, -0.2) is 0 Å². The van der Waals surface area contributed by atoms with Gasteiger partial charge < -0.3 is 14.3 Å². The molecule has 124 valence electrons. The molecule has 0 aliphatic heterocycles. The van der Waals surface area contributed by atoms with Gasteiger partial charge in [-0.2, -0.15) is 0 Å². The van der Waals surface area contributed by atoms with Crippen molar-refractivity contribution >= 4 is 5.91 Å². The predicted octanol–water partition coefficient (Wildman–Crippen LogP) is 3.34. The monoisotopic (exact) mass is 316 g/mol. The smallest absolute Gasteiger partial charge is 0.224 e. The van der Waals surface area contributed by atoms with E-state index in [9.17, 15) is 4.79 Å². The maximum Gasteiger partial charge on any atom is 0.224 e. The highest BCUT2D eigenvalue weighted by molar-refractivity contribution is 5.79. The van der Waals surface area contributed by atoms with Crippen LogP contribution in [0.2, 0.25) is 0 Å². The lowest BCUT2D eigenvalue weighted by Gasteiger charge is -2.31. The van der Waals surface area contributed by atoms with Crippen LogP contribution < -0.4 is 5.32 Å². The largest absolute Gasteiger partial charge is 0.469 e. The number of nitrogens with one attached hydrogen (secondary N) is 1. The SMILES string of the molecule is Cc1noc(C)c1CC(=O)N[C@H]1CCCC[C@@H]1Cc1ccco1. The van der Waals surface area contributed by atoms with E-state index >= 15 is 0 Å². The van der Waals surface area contributed by atoms with Gasteiger partial charge in [0.05, 0.1) is 18.4 Å². The summed E-state index contributed by atoms with van der Waals surface area (Å²) in [6.45, 7) is 3.72. The van der Waals surface area contributed by atoms with Gasteiger partial charge in [0, 0.05) is 18.0 Å². The molecule has 0 aromatic carbocycles. The van der Waals surface area contributed by atoms with E-state index in [-0.39, 0.29) is 11.9 Å². The Morgan fingerprint density at radius 3 is 2.87 bits per heavy atom. The summed E-state index contributed by atoms with van der Waals surface area (Å²) >= 11 is 0. The molecule has 1 saturated carbocycles. The number of nitrogens with zero attached hydrogens (tertiary/aromatic N) is 1. The zero-order valence-corrected chi connectivity index (χ0v) is 13.8. The van der Waals surface area contributed by atoms with Crippen LogP contribution in [0.25, 0.3) is 0 Å². The maximum atomic E-state index is 12.4. The predicted molar refractivity (Wildman–Crippen MR) is 86.0 cm³/mol. The molecule has 5 nitrogen and oxygen atoms in total. The Hall–Kier alpha value is -2.04. The third kappa shape index (κ3) is 3.84. The van der Waals surface area contributed by atoms with Crippen molar-refractivity contribution in [2.75, 3.05) is 0 Å². The first-order valence-electron chi connectivity index (χ1n) is 8.37. The van der Waals surface area contributed by atoms with Crippen molar-refractivity contribution in [3.63, 3.8) is 0 Å². The van der Waals surface area contributed by atoms with Gasteiger partial charge in [-0.15, -0.1) is 0 Å². The van der Waals surface area contributed by atoms with E-state index in [4.69, 9.17) is 8.94 Å². The van der Waals surface area contributed by atoms with Crippen molar-refractivity contribution in [1.82, 2.24) is 10.5 Å². The van der Waals surface area contributed by atoms with Crippen molar-refractivity contribution in [2.24, 2.45) is 5.92 Å². The van der Waals surface area contributed by atoms with Gasteiger partial charge in [0.25, 0.3) is 0 Å². The summed E-state index contributed by atoms with van der Waals surface area (Å²) in [6.07, 6.45) is 7.51. The average molecular weight is 316 g/mol. The quantitative estimate of drug-likeness (QED) is 0.918. The minimum Gasteiger partial charge on any atom is -0.469 e. The van der Waals surface area contributed by atoms with Gasteiger partial charge in [-0.1, -0.05) is 18.0 Å². The van der Waals surface area contributed by atoms with Crippen LogP contribution >= 0.6 is 0 Å². The Kier molecular flexibility index (Phi) is 4.84. The van der Waals surface area contributed by atoms with Crippen LogP contribution in [0.5, 0.6) is 0 Å². The summed E-state index contributed by atoms with van der Waals surface area (Å²) in [5.74, 6) is 2.23. The molecule has 1 aliphatic carbocycles. The van der Waals surface area contributed by atoms with Gasteiger partial charge in [0.1, 0.15) is 11.5 Å². The lowest BCUT2D eigenvalue weighted by Crippen LogP contribution is -2.43. The summed E-state index contributed by atoms with van der Waals surface area (Å²) < 4.78 is 10.6. The zero-order chi connectivity index (χ0) is 16.2. The fourth-order valence-corrected chi connectivity index (χ4v) is 3.50. The molecule has 1 N–H and O–H groups in total. The van der Waals surface area contributed by atoms with Gasteiger partial charge in [-0.3, -0.25) is 4.79 Å². The maximum absolute atomic E-state index is 12.4. The van der Waals surface area contributed by atoms with E-state index in [0.717, 1.165) is 42.0 Å². The number of rotatable bonds is 5. The average Bonchev–Trinajstić information content (AvgIpc) is 3.14. The summed E-state index contributed by atoms with van der Waals surface area (Å²) in [5.41, 5.74) is 1.70. The summed E-state index contributed by atoms with van der Waals surface area (Å²) in [5, 5.41) is 7.14.